The van der Waals surface area contributed by atoms with Crippen molar-refractivity contribution in [2.24, 2.45) is 0 Å². The van der Waals surface area contributed by atoms with Crippen LogP contribution in [0.3, 0.4) is 0 Å². The van der Waals surface area contributed by atoms with Gasteiger partial charge in [0.2, 0.25) is 0 Å². The van der Waals surface area contributed by atoms with E-state index in [-0.39, 0.29) is 12.2 Å². The SMILES string of the molecule is COc1cccc(N2CCN(c3ccc(N4C[C@H](CN(C=S)SC)OC4=O)cc3)CC2)c1. The smallest absolute Gasteiger partial charge is 0.414 e. The fourth-order valence-corrected chi connectivity index (χ4v) is 4.81. The third-order valence-electron chi connectivity index (χ3n) is 5.83. The summed E-state index contributed by atoms with van der Waals surface area (Å²) in [5.41, 5.74) is 4.80. The van der Waals surface area contributed by atoms with Crippen molar-refractivity contribution >= 4 is 52.8 Å². The number of cyclic esters (lactones) is 1. The first-order valence-corrected chi connectivity index (χ1v) is 12.2. The molecule has 2 aliphatic rings. The van der Waals surface area contributed by atoms with Crippen LogP contribution in [-0.4, -0.2) is 74.6 Å². The first-order valence-electron chi connectivity index (χ1n) is 10.6. The number of methoxy groups -OCH3 is 1. The van der Waals surface area contributed by atoms with E-state index in [0.29, 0.717) is 13.1 Å². The lowest BCUT2D eigenvalue weighted by Gasteiger charge is -2.37. The molecule has 2 fully saturated rings. The number of piperazine rings is 1. The molecule has 0 radical (unpaired) electrons. The van der Waals surface area contributed by atoms with Crippen LogP contribution in [0.15, 0.2) is 48.5 Å². The lowest BCUT2D eigenvalue weighted by Crippen LogP contribution is -2.46. The molecule has 7 nitrogen and oxygen atoms in total. The molecule has 9 heteroatoms. The topological polar surface area (TPSA) is 48.5 Å². The Bertz CT molecular complexity index is 935. The summed E-state index contributed by atoms with van der Waals surface area (Å²) in [4.78, 5) is 18.8. The van der Waals surface area contributed by atoms with Crippen molar-refractivity contribution in [1.29, 1.82) is 0 Å². The molecule has 2 heterocycles. The van der Waals surface area contributed by atoms with Gasteiger partial charge in [-0.25, -0.2) is 4.79 Å². The highest BCUT2D eigenvalue weighted by atomic mass is 32.2. The second-order valence-corrected chi connectivity index (χ2v) is 8.74. The van der Waals surface area contributed by atoms with Gasteiger partial charge in [0.1, 0.15) is 11.9 Å². The highest BCUT2D eigenvalue weighted by Gasteiger charge is 2.33. The van der Waals surface area contributed by atoms with Crippen molar-refractivity contribution in [1.82, 2.24) is 4.31 Å². The first-order chi connectivity index (χ1) is 15.6. The minimum absolute atomic E-state index is 0.196. The number of carbonyl (C=O) groups excluding carboxylic acids is 1. The number of ether oxygens (including phenoxy) is 2. The molecule has 32 heavy (non-hydrogen) atoms. The summed E-state index contributed by atoms with van der Waals surface area (Å²) in [5, 5.41) is 0. The van der Waals surface area contributed by atoms with E-state index in [1.165, 1.54) is 17.6 Å². The predicted molar refractivity (Wildman–Crippen MR) is 135 cm³/mol. The Balaban J connectivity index is 1.34. The van der Waals surface area contributed by atoms with Crippen LogP contribution in [0.1, 0.15) is 0 Å². The molecule has 0 spiro atoms. The molecule has 4 rings (SSSR count). The zero-order valence-electron chi connectivity index (χ0n) is 18.3. The summed E-state index contributed by atoms with van der Waals surface area (Å²) in [6.07, 6.45) is 1.45. The number of benzene rings is 2. The molecule has 0 bridgehead atoms. The molecule has 0 saturated carbocycles. The summed E-state index contributed by atoms with van der Waals surface area (Å²) >= 11 is 6.52. The van der Waals surface area contributed by atoms with Crippen LogP contribution < -0.4 is 19.4 Å². The Kier molecular flexibility index (Phi) is 7.26. The van der Waals surface area contributed by atoms with E-state index in [1.54, 1.807) is 17.5 Å². The van der Waals surface area contributed by atoms with Crippen LogP contribution in [0, 0.1) is 0 Å². The molecular weight excluding hydrogens is 444 g/mol. The molecule has 0 unspecified atom stereocenters. The van der Waals surface area contributed by atoms with Crippen molar-refractivity contribution in [3.05, 3.63) is 48.5 Å². The molecule has 2 saturated heterocycles. The Labute approximate surface area is 199 Å². The predicted octanol–water partition coefficient (Wildman–Crippen LogP) is 3.88. The Morgan fingerprint density at radius 3 is 2.38 bits per heavy atom. The van der Waals surface area contributed by atoms with E-state index >= 15 is 0 Å². The Morgan fingerprint density at radius 2 is 1.75 bits per heavy atom. The maximum atomic E-state index is 12.4. The van der Waals surface area contributed by atoms with Crippen LogP contribution in [0.25, 0.3) is 0 Å². The van der Waals surface area contributed by atoms with Gasteiger partial charge in [0.05, 0.1) is 25.7 Å². The lowest BCUT2D eigenvalue weighted by atomic mass is 10.2. The van der Waals surface area contributed by atoms with Crippen molar-refractivity contribution in [2.75, 3.05) is 67.3 Å². The van der Waals surface area contributed by atoms with Gasteiger partial charge in [-0.3, -0.25) is 4.90 Å². The number of anilines is 3. The van der Waals surface area contributed by atoms with Crippen molar-refractivity contribution in [2.45, 2.75) is 6.10 Å². The number of hydrogen-bond acceptors (Lipinski definition) is 7. The minimum atomic E-state index is -0.305. The number of rotatable bonds is 8. The van der Waals surface area contributed by atoms with E-state index in [2.05, 4.69) is 34.1 Å². The third-order valence-corrected chi connectivity index (χ3v) is 6.95. The fraction of sp³-hybridized carbons (Fsp3) is 0.391. The second kappa shape index (κ2) is 10.3. The molecule has 2 aliphatic heterocycles. The summed E-state index contributed by atoms with van der Waals surface area (Å²) in [5.74, 6) is 0.881. The van der Waals surface area contributed by atoms with Gasteiger partial charge in [0, 0.05) is 55.6 Å². The number of carbonyl (C=O) groups is 1. The van der Waals surface area contributed by atoms with E-state index < -0.39 is 0 Å². The highest BCUT2D eigenvalue weighted by molar-refractivity contribution is 7.97. The fourth-order valence-electron chi connectivity index (χ4n) is 4.06. The number of nitrogens with zero attached hydrogens (tertiary/aromatic N) is 4. The van der Waals surface area contributed by atoms with E-state index in [9.17, 15) is 4.79 Å². The van der Waals surface area contributed by atoms with E-state index in [4.69, 9.17) is 21.7 Å². The van der Waals surface area contributed by atoms with Gasteiger partial charge in [-0.2, -0.15) is 0 Å². The molecular formula is C23H28N4O3S2. The molecule has 1 amide bonds. The largest absolute Gasteiger partial charge is 0.497 e. The van der Waals surface area contributed by atoms with Crippen molar-refractivity contribution < 1.29 is 14.3 Å². The molecule has 1 atom stereocenters. The maximum Gasteiger partial charge on any atom is 0.414 e. The molecule has 2 aromatic carbocycles. The monoisotopic (exact) mass is 472 g/mol. The van der Waals surface area contributed by atoms with Crippen molar-refractivity contribution in [3.63, 3.8) is 0 Å². The van der Waals surface area contributed by atoms with Crippen LogP contribution in [-0.2, 0) is 4.74 Å². The second-order valence-electron chi connectivity index (χ2n) is 7.70. The average molecular weight is 473 g/mol. The Hall–Kier alpha value is -2.65. The number of thiocarbonyl (C=S) groups is 1. The minimum Gasteiger partial charge on any atom is -0.497 e. The molecule has 0 N–H and O–H groups in total. The Morgan fingerprint density at radius 1 is 1.09 bits per heavy atom. The van der Waals surface area contributed by atoms with Gasteiger partial charge < -0.3 is 23.6 Å². The van der Waals surface area contributed by atoms with E-state index in [1.807, 2.05) is 34.8 Å². The summed E-state index contributed by atoms with van der Waals surface area (Å²) in [7, 11) is 1.70. The van der Waals surface area contributed by atoms with Gasteiger partial charge in [0.25, 0.3) is 0 Å². The third kappa shape index (κ3) is 5.05. The quantitative estimate of drug-likeness (QED) is 0.424. The van der Waals surface area contributed by atoms with Gasteiger partial charge in [0.15, 0.2) is 0 Å². The summed E-state index contributed by atoms with van der Waals surface area (Å²) in [6, 6.07) is 16.4. The van der Waals surface area contributed by atoms with Gasteiger partial charge >= 0.3 is 6.09 Å². The number of hydrogen-bond donors (Lipinski definition) is 0. The highest BCUT2D eigenvalue weighted by Crippen LogP contribution is 2.27. The summed E-state index contributed by atoms with van der Waals surface area (Å²) < 4.78 is 12.8. The zero-order chi connectivity index (χ0) is 22.5. The first kappa shape index (κ1) is 22.5. The van der Waals surface area contributed by atoms with Crippen LogP contribution in [0.4, 0.5) is 21.9 Å². The van der Waals surface area contributed by atoms with Crippen molar-refractivity contribution in [3.8, 4) is 5.75 Å². The molecule has 170 valence electrons. The molecule has 0 aromatic heterocycles. The number of amides is 1. The van der Waals surface area contributed by atoms with Gasteiger partial charge in [-0.05, 0) is 36.4 Å². The summed E-state index contributed by atoms with van der Waals surface area (Å²) in [6.45, 7) is 4.88. The molecule has 2 aromatic rings. The lowest BCUT2D eigenvalue weighted by molar-refractivity contribution is 0.137. The van der Waals surface area contributed by atoms with E-state index in [0.717, 1.165) is 43.3 Å². The van der Waals surface area contributed by atoms with Gasteiger partial charge in [-0.1, -0.05) is 30.2 Å². The van der Waals surface area contributed by atoms with Crippen LogP contribution in [0.5, 0.6) is 5.75 Å². The normalized spacial score (nSPS) is 18.5. The standard InChI is InChI=1S/C23H28N4O3S2/c1-29-21-5-3-4-20(14-21)25-12-10-24(11-13-25)18-6-8-19(9-7-18)27-16-22(30-23(27)28)15-26(17-31)32-2/h3-9,14,17,22H,10-13,15-16H2,1-2H3/t22-/m0/s1. The van der Waals surface area contributed by atoms with Crippen LogP contribution in [0.2, 0.25) is 0 Å². The van der Waals surface area contributed by atoms with Gasteiger partial charge in [-0.15, -0.1) is 0 Å². The zero-order valence-corrected chi connectivity index (χ0v) is 20.0. The molecule has 0 aliphatic carbocycles. The maximum absolute atomic E-state index is 12.4. The average Bonchev–Trinajstić information content (AvgIpc) is 3.22. The van der Waals surface area contributed by atoms with Crippen LogP contribution >= 0.6 is 24.2 Å².